The predicted molar refractivity (Wildman–Crippen MR) is 120 cm³/mol. The van der Waals surface area contributed by atoms with Crippen molar-refractivity contribution in [2.75, 3.05) is 10.8 Å². The molecule has 0 saturated heterocycles. The van der Waals surface area contributed by atoms with Crippen molar-refractivity contribution in [3.8, 4) is 5.69 Å². The molecule has 1 aromatic heterocycles. The Bertz CT molecular complexity index is 1300. The molecule has 0 aliphatic rings. The monoisotopic (exact) mass is 442 g/mol. The molecular formula is C22H26N4O4S. The van der Waals surface area contributed by atoms with Crippen molar-refractivity contribution in [2.24, 2.45) is 12.8 Å². The molecule has 3 aromatic rings. The number of benzene rings is 2. The summed E-state index contributed by atoms with van der Waals surface area (Å²) in [6.07, 6.45) is 0. The van der Waals surface area contributed by atoms with Crippen LogP contribution in [0.3, 0.4) is 0 Å². The summed E-state index contributed by atoms with van der Waals surface area (Å²) < 4.78 is 31.2. The Morgan fingerprint density at radius 3 is 2.10 bits per heavy atom. The van der Waals surface area contributed by atoms with Crippen molar-refractivity contribution in [1.82, 2.24) is 9.36 Å². The molecule has 0 aliphatic heterocycles. The van der Waals surface area contributed by atoms with Crippen molar-refractivity contribution >= 4 is 21.6 Å². The number of carbonyl (C=O) groups is 1. The largest absolute Gasteiger partial charge is 0.368 e. The molecule has 0 aliphatic carbocycles. The highest BCUT2D eigenvalue weighted by molar-refractivity contribution is 7.93. The van der Waals surface area contributed by atoms with Gasteiger partial charge in [-0.05, 0) is 51.0 Å². The van der Waals surface area contributed by atoms with E-state index in [1.165, 1.54) is 4.68 Å². The van der Waals surface area contributed by atoms with Gasteiger partial charge in [-0.15, -0.1) is 0 Å². The highest BCUT2D eigenvalue weighted by atomic mass is 32.2. The molecular weight excluding hydrogens is 416 g/mol. The number of rotatable bonds is 6. The summed E-state index contributed by atoms with van der Waals surface area (Å²) in [4.78, 5) is 25.4. The molecule has 0 atom stereocenters. The molecule has 0 spiro atoms. The summed E-state index contributed by atoms with van der Waals surface area (Å²) in [6, 6.07) is 12.4. The van der Waals surface area contributed by atoms with Crippen LogP contribution >= 0.6 is 0 Å². The van der Waals surface area contributed by atoms with Gasteiger partial charge in [0.2, 0.25) is 5.91 Å². The van der Waals surface area contributed by atoms with Crippen molar-refractivity contribution in [1.29, 1.82) is 0 Å². The van der Waals surface area contributed by atoms with Crippen molar-refractivity contribution in [3.05, 3.63) is 75.2 Å². The van der Waals surface area contributed by atoms with Crippen LogP contribution in [0.5, 0.6) is 0 Å². The third-order valence-corrected chi connectivity index (χ3v) is 7.28. The minimum Gasteiger partial charge on any atom is -0.368 e. The Labute approximate surface area is 181 Å². The van der Waals surface area contributed by atoms with Crippen LogP contribution in [-0.4, -0.2) is 30.2 Å². The third kappa shape index (κ3) is 3.88. The number of aryl methyl sites for hydroxylation is 3. The Hall–Kier alpha value is -3.33. The van der Waals surface area contributed by atoms with E-state index in [4.69, 9.17) is 5.73 Å². The van der Waals surface area contributed by atoms with E-state index in [0.29, 0.717) is 22.5 Å². The zero-order valence-electron chi connectivity index (χ0n) is 18.2. The summed E-state index contributed by atoms with van der Waals surface area (Å²) in [5.74, 6) is -0.861. The quantitative estimate of drug-likeness (QED) is 0.631. The van der Waals surface area contributed by atoms with Crippen LogP contribution in [-0.2, 0) is 21.9 Å². The normalized spacial score (nSPS) is 11.5. The Balaban J connectivity index is 2.32. The number of aromatic nitrogens is 2. The number of nitrogens with two attached hydrogens (primary N) is 1. The lowest BCUT2D eigenvalue weighted by atomic mass is 10.1. The minimum atomic E-state index is -4.25. The second-order valence-corrected chi connectivity index (χ2v) is 9.42. The molecule has 31 heavy (non-hydrogen) atoms. The summed E-state index contributed by atoms with van der Waals surface area (Å²) >= 11 is 0. The molecule has 0 radical (unpaired) electrons. The van der Waals surface area contributed by atoms with Crippen LogP contribution in [0.4, 0.5) is 5.69 Å². The van der Waals surface area contributed by atoms with Gasteiger partial charge in [0.25, 0.3) is 15.6 Å². The number of para-hydroxylation sites is 1. The van der Waals surface area contributed by atoms with Gasteiger partial charge in [0.15, 0.2) is 0 Å². The van der Waals surface area contributed by atoms with Gasteiger partial charge in [0, 0.05) is 7.05 Å². The molecule has 8 nitrogen and oxygen atoms in total. The Morgan fingerprint density at radius 2 is 1.58 bits per heavy atom. The van der Waals surface area contributed by atoms with E-state index >= 15 is 0 Å². The molecule has 0 unspecified atom stereocenters. The minimum absolute atomic E-state index is 0.0632. The first-order valence-corrected chi connectivity index (χ1v) is 11.1. The van der Waals surface area contributed by atoms with Crippen LogP contribution in [0.15, 0.2) is 52.2 Å². The molecule has 0 bridgehead atoms. The first kappa shape index (κ1) is 22.4. The number of sulfonamides is 1. The van der Waals surface area contributed by atoms with Crippen LogP contribution in [0.2, 0.25) is 0 Å². The second kappa shape index (κ2) is 8.07. The van der Waals surface area contributed by atoms with Gasteiger partial charge in [0.1, 0.15) is 12.2 Å². The third-order valence-electron chi connectivity index (χ3n) is 5.23. The standard InChI is InChI=1S/C22H26N4O4S/c1-14-11-15(2)21(16(3)12-14)31(29,30)25(13-19(23)27)20-17(4)24(5)26(22(20)28)18-9-7-6-8-10-18/h6-12H,13H2,1-5H3,(H2,23,27). The molecule has 1 heterocycles. The summed E-state index contributed by atoms with van der Waals surface area (Å²) in [6.45, 7) is 6.24. The van der Waals surface area contributed by atoms with Gasteiger partial charge >= 0.3 is 0 Å². The van der Waals surface area contributed by atoms with Gasteiger partial charge in [-0.25, -0.2) is 17.4 Å². The number of hydrogen-bond donors (Lipinski definition) is 1. The number of nitrogens with zero attached hydrogens (tertiary/aromatic N) is 3. The second-order valence-electron chi connectivity index (χ2n) is 7.62. The van der Waals surface area contributed by atoms with E-state index < -0.39 is 28.0 Å². The maximum Gasteiger partial charge on any atom is 0.296 e. The number of anilines is 1. The first-order valence-electron chi connectivity index (χ1n) is 9.69. The van der Waals surface area contributed by atoms with E-state index in [2.05, 4.69) is 0 Å². The van der Waals surface area contributed by atoms with Gasteiger partial charge < -0.3 is 5.73 Å². The first-order chi connectivity index (χ1) is 14.5. The van der Waals surface area contributed by atoms with Gasteiger partial charge in [-0.3, -0.25) is 14.3 Å². The van der Waals surface area contributed by atoms with E-state index in [-0.39, 0.29) is 10.6 Å². The SMILES string of the molecule is Cc1cc(C)c(S(=O)(=O)N(CC(N)=O)c2c(C)n(C)n(-c3ccccc3)c2=O)c(C)c1. The van der Waals surface area contributed by atoms with Gasteiger partial charge in [0.05, 0.1) is 16.3 Å². The molecule has 1 amide bonds. The molecule has 0 fully saturated rings. The molecule has 2 N–H and O–H groups in total. The maximum atomic E-state index is 13.7. The molecule has 3 rings (SSSR count). The fourth-order valence-corrected chi connectivity index (χ4v) is 5.85. The van der Waals surface area contributed by atoms with Crippen molar-refractivity contribution in [2.45, 2.75) is 32.6 Å². The van der Waals surface area contributed by atoms with Crippen LogP contribution in [0.1, 0.15) is 22.4 Å². The van der Waals surface area contributed by atoms with E-state index in [1.54, 1.807) is 68.9 Å². The number of hydrogen-bond acceptors (Lipinski definition) is 4. The lowest BCUT2D eigenvalue weighted by Crippen LogP contribution is -2.41. The zero-order chi connectivity index (χ0) is 23.1. The van der Waals surface area contributed by atoms with Crippen molar-refractivity contribution in [3.63, 3.8) is 0 Å². The smallest absolute Gasteiger partial charge is 0.296 e. The van der Waals surface area contributed by atoms with Crippen LogP contribution < -0.4 is 15.6 Å². The molecule has 2 aromatic carbocycles. The predicted octanol–water partition coefficient (Wildman–Crippen LogP) is 2.09. The fraction of sp³-hybridized carbons (Fsp3) is 0.273. The van der Waals surface area contributed by atoms with Crippen molar-refractivity contribution < 1.29 is 13.2 Å². The van der Waals surface area contributed by atoms with Crippen LogP contribution in [0.25, 0.3) is 5.69 Å². The summed E-state index contributed by atoms with van der Waals surface area (Å²) in [5, 5.41) is 0. The zero-order valence-corrected chi connectivity index (χ0v) is 19.0. The lowest BCUT2D eigenvalue weighted by molar-refractivity contribution is -0.116. The summed E-state index contributed by atoms with van der Waals surface area (Å²) in [7, 11) is -2.59. The fourth-order valence-electron chi connectivity index (χ4n) is 3.95. The number of carbonyl (C=O) groups excluding carboxylic acids is 1. The highest BCUT2D eigenvalue weighted by Crippen LogP contribution is 2.29. The summed E-state index contributed by atoms with van der Waals surface area (Å²) in [5.41, 5.74) is 7.68. The lowest BCUT2D eigenvalue weighted by Gasteiger charge is -2.24. The van der Waals surface area contributed by atoms with E-state index in [0.717, 1.165) is 9.87 Å². The van der Waals surface area contributed by atoms with E-state index in [9.17, 15) is 18.0 Å². The van der Waals surface area contributed by atoms with Crippen LogP contribution in [0, 0.1) is 27.7 Å². The Kier molecular flexibility index (Phi) is 5.82. The van der Waals surface area contributed by atoms with Gasteiger partial charge in [-0.1, -0.05) is 35.9 Å². The average Bonchev–Trinajstić information content (AvgIpc) is 2.88. The van der Waals surface area contributed by atoms with Gasteiger partial charge in [-0.2, -0.15) is 0 Å². The Morgan fingerprint density at radius 1 is 1.03 bits per heavy atom. The topological polar surface area (TPSA) is 107 Å². The number of primary amides is 1. The molecule has 0 saturated carbocycles. The molecule has 9 heteroatoms. The average molecular weight is 443 g/mol. The number of amides is 1. The van der Waals surface area contributed by atoms with E-state index in [1.807, 2.05) is 13.0 Å². The highest BCUT2D eigenvalue weighted by Gasteiger charge is 2.34. The molecule has 164 valence electrons. The maximum absolute atomic E-state index is 13.7.